The van der Waals surface area contributed by atoms with Crippen LogP contribution in [0, 0.1) is 55.4 Å². The van der Waals surface area contributed by atoms with E-state index in [0.29, 0.717) is 0 Å². The van der Waals surface area contributed by atoms with Gasteiger partial charge < -0.3 is 4.90 Å². The van der Waals surface area contributed by atoms with E-state index >= 15 is 0 Å². The summed E-state index contributed by atoms with van der Waals surface area (Å²) in [6.07, 6.45) is 3.39. The SMILES string of the molecule is Cc1cc(C)c(C)c(-c2c3ccccc3c(-c3c(C)c(C)cc(C)c3C)c3cc(N4C(c5ccccc5)=CCC4c4ccccc4)ccc23)c1C. The molecule has 0 radical (unpaired) electrons. The molecule has 0 saturated heterocycles. The van der Waals surface area contributed by atoms with Crippen molar-refractivity contribution in [3.05, 3.63) is 177 Å². The predicted molar refractivity (Wildman–Crippen MR) is 221 cm³/mol. The monoisotopic (exact) mass is 661 g/mol. The van der Waals surface area contributed by atoms with Gasteiger partial charge in [-0.25, -0.2) is 0 Å². The first kappa shape index (κ1) is 32.8. The van der Waals surface area contributed by atoms with E-state index in [2.05, 4.69) is 182 Å². The van der Waals surface area contributed by atoms with Gasteiger partial charge >= 0.3 is 0 Å². The van der Waals surface area contributed by atoms with Crippen LogP contribution in [0.3, 0.4) is 0 Å². The van der Waals surface area contributed by atoms with Crippen molar-refractivity contribution in [1.82, 2.24) is 0 Å². The number of aryl methyl sites for hydroxylation is 4. The number of hydrogen-bond acceptors (Lipinski definition) is 1. The second-order valence-electron chi connectivity index (χ2n) is 14.8. The van der Waals surface area contributed by atoms with Gasteiger partial charge in [-0.1, -0.05) is 109 Å². The first-order valence-corrected chi connectivity index (χ1v) is 18.4. The van der Waals surface area contributed by atoms with E-state index in [9.17, 15) is 0 Å². The molecule has 0 aliphatic carbocycles. The molecule has 1 heterocycles. The number of nitrogens with zero attached hydrogens (tertiary/aromatic N) is 1. The largest absolute Gasteiger partial charge is 0.333 e. The Morgan fingerprint density at radius 1 is 0.431 bits per heavy atom. The highest BCUT2D eigenvalue weighted by Gasteiger charge is 2.31. The van der Waals surface area contributed by atoms with Gasteiger partial charge in [-0.3, -0.25) is 0 Å². The Labute approximate surface area is 303 Å². The summed E-state index contributed by atoms with van der Waals surface area (Å²) in [5.41, 5.74) is 21.3. The van der Waals surface area contributed by atoms with Crippen LogP contribution >= 0.6 is 0 Å². The highest BCUT2D eigenvalue weighted by molar-refractivity contribution is 6.23. The topological polar surface area (TPSA) is 3.24 Å². The van der Waals surface area contributed by atoms with Crippen molar-refractivity contribution >= 4 is 32.9 Å². The summed E-state index contributed by atoms with van der Waals surface area (Å²) >= 11 is 0. The Balaban J connectivity index is 1.52. The molecule has 0 aromatic heterocycles. The second kappa shape index (κ2) is 12.7. The molecule has 7 aromatic rings. The van der Waals surface area contributed by atoms with Gasteiger partial charge in [0.1, 0.15) is 0 Å². The second-order valence-corrected chi connectivity index (χ2v) is 14.8. The Morgan fingerprint density at radius 2 is 0.882 bits per heavy atom. The normalized spacial score (nSPS) is 14.5. The molecule has 1 heteroatoms. The van der Waals surface area contributed by atoms with Crippen LogP contribution in [0.5, 0.6) is 0 Å². The zero-order valence-corrected chi connectivity index (χ0v) is 31.3. The fourth-order valence-corrected chi connectivity index (χ4v) is 8.78. The van der Waals surface area contributed by atoms with Gasteiger partial charge in [-0.2, -0.15) is 0 Å². The van der Waals surface area contributed by atoms with Crippen LogP contribution in [-0.4, -0.2) is 0 Å². The van der Waals surface area contributed by atoms with Gasteiger partial charge in [0, 0.05) is 11.4 Å². The predicted octanol–water partition coefficient (Wildman–Crippen LogP) is 13.8. The summed E-state index contributed by atoms with van der Waals surface area (Å²) < 4.78 is 0. The average Bonchev–Trinajstić information content (AvgIpc) is 3.60. The van der Waals surface area contributed by atoms with Crippen molar-refractivity contribution in [3.63, 3.8) is 0 Å². The molecule has 1 unspecified atom stereocenters. The molecule has 0 bridgehead atoms. The Bertz CT molecular complexity index is 2460. The molecule has 0 N–H and O–H groups in total. The summed E-state index contributed by atoms with van der Waals surface area (Å²) in [6, 6.07) is 43.3. The number of rotatable bonds is 5. The summed E-state index contributed by atoms with van der Waals surface area (Å²) in [6.45, 7) is 18.3. The lowest BCUT2D eigenvalue weighted by atomic mass is 9.79. The lowest BCUT2D eigenvalue weighted by molar-refractivity contribution is 0.749. The van der Waals surface area contributed by atoms with E-state index in [-0.39, 0.29) is 6.04 Å². The first-order valence-electron chi connectivity index (χ1n) is 18.4. The van der Waals surface area contributed by atoms with Gasteiger partial charge in [-0.15, -0.1) is 0 Å². The van der Waals surface area contributed by atoms with E-state index in [1.54, 1.807) is 0 Å². The molecule has 51 heavy (non-hydrogen) atoms. The van der Waals surface area contributed by atoms with Gasteiger partial charge in [0.25, 0.3) is 0 Å². The van der Waals surface area contributed by atoms with Crippen LogP contribution in [0.1, 0.15) is 68.1 Å². The molecular formula is C50H47N. The highest BCUT2D eigenvalue weighted by Crippen LogP contribution is 2.50. The van der Waals surface area contributed by atoms with Crippen molar-refractivity contribution in [3.8, 4) is 22.3 Å². The van der Waals surface area contributed by atoms with Crippen LogP contribution in [0.25, 0.3) is 49.5 Å². The number of hydrogen-bond donors (Lipinski definition) is 0. The molecule has 0 amide bonds. The summed E-state index contributed by atoms with van der Waals surface area (Å²) in [5, 5.41) is 5.24. The fraction of sp³-hybridized carbons (Fsp3) is 0.200. The maximum atomic E-state index is 2.59. The molecule has 0 fully saturated rings. The minimum absolute atomic E-state index is 0.204. The first-order chi connectivity index (χ1) is 24.7. The maximum absolute atomic E-state index is 2.59. The van der Waals surface area contributed by atoms with Crippen LogP contribution in [0.2, 0.25) is 0 Å². The van der Waals surface area contributed by atoms with Crippen molar-refractivity contribution in [2.45, 2.75) is 67.9 Å². The van der Waals surface area contributed by atoms with Crippen LogP contribution in [-0.2, 0) is 0 Å². The van der Waals surface area contributed by atoms with Crippen LogP contribution in [0.15, 0.2) is 121 Å². The van der Waals surface area contributed by atoms with Gasteiger partial charge in [0.15, 0.2) is 0 Å². The van der Waals surface area contributed by atoms with Crippen LogP contribution in [0.4, 0.5) is 5.69 Å². The van der Waals surface area contributed by atoms with E-state index in [1.807, 2.05) is 0 Å². The quantitative estimate of drug-likeness (QED) is 0.166. The van der Waals surface area contributed by atoms with Crippen molar-refractivity contribution in [2.75, 3.05) is 4.90 Å². The van der Waals surface area contributed by atoms with Gasteiger partial charge in [0.05, 0.1) is 6.04 Å². The number of anilines is 1. The standard InChI is InChI=1S/C50H47N/c1-30-27-31(2)35(6)47(34(30)5)49-41-21-15-16-22-42(41)50(48-36(7)32(3)28-33(4)37(48)8)44-29-40(23-24-43(44)49)51-45(38-17-11-9-12-18-38)25-26-46(51)39-19-13-10-14-20-39/h9-25,27-29,46H,26H2,1-8H3. The van der Waals surface area contributed by atoms with Crippen LogP contribution < -0.4 is 4.90 Å². The van der Waals surface area contributed by atoms with Gasteiger partial charge in [-0.05, 0) is 173 Å². The minimum atomic E-state index is 0.204. The van der Waals surface area contributed by atoms with Crippen molar-refractivity contribution in [2.24, 2.45) is 0 Å². The lowest BCUT2D eigenvalue weighted by Gasteiger charge is -2.32. The molecule has 7 aromatic carbocycles. The third-order valence-corrected chi connectivity index (χ3v) is 11.9. The molecule has 0 saturated carbocycles. The molecule has 1 aliphatic rings. The summed E-state index contributed by atoms with van der Waals surface area (Å²) in [7, 11) is 0. The number of benzene rings is 7. The van der Waals surface area contributed by atoms with Gasteiger partial charge in [0.2, 0.25) is 0 Å². The van der Waals surface area contributed by atoms with E-state index in [4.69, 9.17) is 0 Å². The van der Waals surface area contributed by atoms with Crippen molar-refractivity contribution in [1.29, 1.82) is 0 Å². The Morgan fingerprint density at radius 3 is 1.41 bits per heavy atom. The van der Waals surface area contributed by atoms with E-state index < -0.39 is 0 Å². The fourth-order valence-electron chi connectivity index (χ4n) is 8.78. The Hall–Kier alpha value is -5.40. The number of fused-ring (bicyclic) bond motifs is 2. The maximum Gasteiger partial charge on any atom is 0.0626 e. The third kappa shape index (κ3) is 5.30. The van der Waals surface area contributed by atoms with E-state index in [1.165, 1.54) is 111 Å². The molecule has 1 nitrogen and oxygen atoms in total. The highest BCUT2D eigenvalue weighted by atomic mass is 15.2. The molecule has 8 rings (SSSR count). The minimum Gasteiger partial charge on any atom is -0.333 e. The lowest BCUT2D eigenvalue weighted by Crippen LogP contribution is -2.22. The third-order valence-electron chi connectivity index (χ3n) is 11.9. The molecule has 1 atom stereocenters. The zero-order valence-electron chi connectivity index (χ0n) is 31.3. The van der Waals surface area contributed by atoms with E-state index in [0.717, 1.165) is 6.42 Å². The van der Waals surface area contributed by atoms with Crippen molar-refractivity contribution < 1.29 is 0 Å². The average molecular weight is 662 g/mol. The molecule has 1 aliphatic heterocycles. The zero-order chi connectivity index (χ0) is 35.6. The molecular weight excluding hydrogens is 615 g/mol. The Kier molecular flexibility index (Phi) is 8.19. The summed E-state index contributed by atoms with van der Waals surface area (Å²) in [4.78, 5) is 2.59. The molecule has 252 valence electrons. The smallest absolute Gasteiger partial charge is 0.0626 e. The summed E-state index contributed by atoms with van der Waals surface area (Å²) in [5.74, 6) is 0. The molecule has 0 spiro atoms.